The summed E-state index contributed by atoms with van der Waals surface area (Å²) in [7, 11) is 2.86. The second-order valence-electron chi connectivity index (χ2n) is 4.92. The molecule has 0 aromatic heterocycles. The van der Waals surface area contributed by atoms with Crippen LogP contribution in [0.2, 0.25) is 0 Å². The van der Waals surface area contributed by atoms with Gasteiger partial charge in [0.2, 0.25) is 0 Å². The van der Waals surface area contributed by atoms with Crippen LogP contribution in [0.4, 0.5) is 4.79 Å². The summed E-state index contributed by atoms with van der Waals surface area (Å²) >= 11 is 0. The van der Waals surface area contributed by atoms with E-state index in [1.807, 2.05) is 0 Å². The fourth-order valence-corrected chi connectivity index (χ4v) is 1.43. The molecule has 0 atom stereocenters. The first kappa shape index (κ1) is 16.6. The zero-order valence-corrected chi connectivity index (χ0v) is 12.7. The van der Waals surface area contributed by atoms with E-state index in [2.05, 4.69) is 16.8 Å². The molecule has 0 heterocycles. The van der Waals surface area contributed by atoms with Crippen molar-refractivity contribution in [2.24, 2.45) is 0 Å². The molecular weight excluding hydrogens is 272 g/mol. The molecule has 0 unspecified atom stereocenters. The van der Waals surface area contributed by atoms with E-state index in [0.717, 1.165) is 0 Å². The number of likely N-dealkylation sites (N-methyl/N-ethyl adjacent to an activating group) is 1. The first-order valence-corrected chi connectivity index (χ1v) is 6.34. The minimum absolute atomic E-state index is 0.347. The van der Waals surface area contributed by atoms with Crippen molar-refractivity contribution in [3.05, 3.63) is 48.2 Å². The fraction of sp³-hybridized carbons (Fsp3) is 0.333. The van der Waals surface area contributed by atoms with Gasteiger partial charge in [-0.1, -0.05) is 24.8 Å². The van der Waals surface area contributed by atoms with Gasteiger partial charge in [-0.3, -0.25) is 0 Å². The SMILES string of the molecule is C=C(NOC(=O)c1ccccc1)C(C)(C)N(C)C(=O)OC. The second kappa shape index (κ2) is 6.78. The minimum Gasteiger partial charge on any atom is -0.453 e. The van der Waals surface area contributed by atoms with Crippen molar-refractivity contribution in [2.45, 2.75) is 19.4 Å². The summed E-state index contributed by atoms with van der Waals surface area (Å²) < 4.78 is 4.65. The molecular formula is C15H20N2O4. The van der Waals surface area contributed by atoms with Crippen LogP contribution in [0.1, 0.15) is 24.2 Å². The van der Waals surface area contributed by atoms with E-state index in [1.165, 1.54) is 12.0 Å². The molecule has 1 aromatic carbocycles. The highest BCUT2D eigenvalue weighted by atomic mass is 16.7. The molecule has 0 aliphatic rings. The third-order valence-corrected chi connectivity index (χ3v) is 3.30. The van der Waals surface area contributed by atoms with Gasteiger partial charge in [0.1, 0.15) is 0 Å². The Balaban J connectivity index is 2.65. The molecule has 1 aromatic rings. The van der Waals surface area contributed by atoms with E-state index >= 15 is 0 Å². The summed E-state index contributed by atoms with van der Waals surface area (Å²) in [6.45, 7) is 7.28. The van der Waals surface area contributed by atoms with Gasteiger partial charge >= 0.3 is 12.1 Å². The van der Waals surface area contributed by atoms with Crippen molar-refractivity contribution in [3.63, 3.8) is 0 Å². The molecule has 0 aliphatic carbocycles. The highest BCUT2D eigenvalue weighted by molar-refractivity contribution is 5.89. The lowest BCUT2D eigenvalue weighted by Crippen LogP contribution is -2.49. The number of benzene rings is 1. The van der Waals surface area contributed by atoms with Crippen LogP contribution in [-0.2, 0) is 9.57 Å². The lowest BCUT2D eigenvalue weighted by atomic mass is 10.0. The third-order valence-electron chi connectivity index (χ3n) is 3.30. The van der Waals surface area contributed by atoms with Gasteiger partial charge in [-0.05, 0) is 26.0 Å². The van der Waals surface area contributed by atoms with Crippen molar-refractivity contribution in [1.82, 2.24) is 10.4 Å². The van der Waals surface area contributed by atoms with Crippen molar-refractivity contribution < 1.29 is 19.2 Å². The summed E-state index contributed by atoms with van der Waals surface area (Å²) in [6, 6.07) is 8.55. The summed E-state index contributed by atoms with van der Waals surface area (Å²) in [4.78, 5) is 29.7. The quantitative estimate of drug-likeness (QED) is 0.844. The van der Waals surface area contributed by atoms with Gasteiger partial charge in [-0.2, -0.15) is 0 Å². The fourth-order valence-electron chi connectivity index (χ4n) is 1.43. The number of methoxy groups -OCH3 is 1. The molecule has 6 heteroatoms. The van der Waals surface area contributed by atoms with Crippen LogP contribution >= 0.6 is 0 Å². The Morgan fingerprint density at radius 3 is 2.33 bits per heavy atom. The van der Waals surface area contributed by atoms with E-state index in [4.69, 9.17) is 4.84 Å². The Morgan fingerprint density at radius 1 is 1.24 bits per heavy atom. The largest absolute Gasteiger partial charge is 0.453 e. The number of ether oxygens (including phenoxy) is 1. The van der Waals surface area contributed by atoms with E-state index < -0.39 is 17.6 Å². The van der Waals surface area contributed by atoms with Crippen LogP contribution in [0.5, 0.6) is 0 Å². The second-order valence-corrected chi connectivity index (χ2v) is 4.92. The Bertz CT molecular complexity index is 526. The van der Waals surface area contributed by atoms with Crippen molar-refractivity contribution >= 4 is 12.1 Å². The first-order valence-electron chi connectivity index (χ1n) is 6.34. The van der Waals surface area contributed by atoms with Crippen molar-refractivity contribution in [3.8, 4) is 0 Å². The lowest BCUT2D eigenvalue weighted by Gasteiger charge is -2.35. The van der Waals surface area contributed by atoms with Gasteiger partial charge in [0.25, 0.3) is 0 Å². The molecule has 114 valence electrons. The van der Waals surface area contributed by atoms with Gasteiger partial charge in [-0.15, -0.1) is 0 Å². The molecule has 0 aliphatic heterocycles. The highest BCUT2D eigenvalue weighted by Crippen LogP contribution is 2.20. The maximum atomic E-state index is 11.8. The number of hydrogen-bond acceptors (Lipinski definition) is 5. The molecule has 1 rings (SSSR count). The van der Waals surface area contributed by atoms with Crippen LogP contribution in [0.15, 0.2) is 42.6 Å². The molecule has 0 saturated carbocycles. The average molecular weight is 292 g/mol. The monoisotopic (exact) mass is 292 g/mol. The maximum absolute atomic E-state index is 11.8. The Hall–Kier alpha value is -2.50. The van der Waals surface area contributed by atoms with Gasteiger partial charge in [-0.25, -0.2) is 15.1 Å². The summed E-state index contributed by atoms with van der Waals surface area (Å²) in [6.07, 6.45) is -0.516. The molecule has 0 radical (unpaired) electrons. The third kappa shape index (κ3) is 3.98. The number of carbonyl (C=O) groups is 2. The first-order chi connectivity index (χ1) is 9.80. The average Bonchev–Trinajstić information content (AvgIpc) is 2.51. The molecule has 6 nitrogen and oxygen atoms in total. The molecule has 0 spiro atoms. The standard InChI is InChI=1S/C15H20N2O4/c1-11(15(2,3)17(4)14(19)20-5)16-21-13(18)12-9-7-6-8-10-12/h6-10,16H,1H2,2-5H3. The molecule has 0 bridgehead atoms. The van der Waals surface area contributed by atoms with Crippen LogP contribution in [0.25, 0.3) is 0 Å². The van der Waals surface area contributed by atoms with E-state index in [-0.39, 0.29) is 0 Å². The molecule has 0 fully saturated rings. The summed E-state index contributed by atoms with van der Waals surface area (Å²) in [5, 5.41) is 0. The lowest BCUT2D eigenvalue weighted by molar-refractivity contribution is 0.0254. The maximum Gasteiger partial charge on any atom is 0.409 e. The van der Waals surface area contributed by atoms with Crippen LogP contribution in [0.3, 0.4) is 0 Å². The normalized spacial score (nSPS) is 10.5. The Kier molecular flexibility index (Phi) is 5.35. The van der Waals surface area contributed by atoms with Crippen molar-refractivity contribution in [2.75, 3.05) is 14.2 Å². The van der Waals surface area contributed by atoms with Crippen molar-refractivity contribution in [1.29, 1.82) is 0 Å². The number of rotatable bonds is 5. The Labute approximate surface area is 124 Å². The number of amides is 1. The highest BCUT2D eigenvalue weighted by Gasteiger charge is 2.32. The molecule has 1 amide bonds. The Morgan fingerprint density at radius 2 is 1.81 bits per heavy atom. The van der Waals surface area contributed by atoms with Gasteiger partial charge in [0, 0.05) is 7.05 Å². The van der Waals surface area contributed by atoms with Crippen LogP contribution in [-0.4, -0.2) is 36.7 Å². The van der Waals surface area contributed by atoms with Gasteiger partial charge in [0.05, 0.1) is 23.9 Å². The predicted octanol–water partition coefficient (Wildman–Crippen LogP) is 2.34. The number of hydrogen-bond donors (Lipinski definition) is 1. The number of nitrogens with one attached hydrogen (secondary N) is 1. The molecule has 21 heavy (non-hydrogen) atoms. The van der Waals surface area contributed by atoms with Crippen LogP contribution < -0.4 is 5.48 Å². The van der Waals surface area contributed by atoms with Crippen LogP contribution in [0, 0.1) is 0 Å². The predicted molar refractivity (Wildman–Crippen MR) is 78.4 cm³/mol. The van der Waals surface area contributed by atoms with E-state index in [0.29, 0.717) is 11.3 Å². The summed E-state index contributed by atoms with van der Waals surface area (Å²) in [5.41, 5.74) is 2.45. The zero-order chi connectivity index (χ0) is 16.0. The number of nitrogens with zero attached hydrogens (tertiary/aromatic N) is 1. The minimum atomic E-state index is -0.802. The zero-order valence-electron chi connectivity index (χ0n) is 12.7. The van der Waals surface area contributed by atoms with Gasteiger partial charge in [0.15, 0.2) is 0 Å². The summed E-state index contributed by atoms with van der Waals surface area (Å²) in [5.74, 6) is -0.534. The molecule has 0 saturated heterocycles. The smallest absolute Gasteiger partial charge is 0.409 e. The van der Waals surface area contributed by atoms with Gasteiger partial charge < -0.3 is 14.5 Å². The van der Waals surface area contributed by atoms with E-state index in [9.17, 15) is 9.59 Å². The number of hydroxylamine groups is 1. The molecule has 1 N–H and O–H groups in total. The number of carbonyl (C=O) groups excluding carboxylic acids is 2. The topological polar surface area (TPSA) is 67.9 Å². The van der Waals surface area contributed by atoms with E-state index in [1.54, 1.807) is 51.2 Å².